The number of nitrogens with one attached hydrogen (secondary N) is 2. The first-order valence-electron chi connectivity index (χ1n) is 8.56. The molecule has 0 aromatic heterocycles. The van der Waals surface area contributed by atoms with Crippen LogP contribution in [0.1, 0.15) is 20.3 Å². The number of ether oxygens (including phenoxy) is 2. The minimum Gasteiger partial charge on any atom is -0.463 e. The molecule has 28 heavy (non-hydrogen) atoms. The molecule has 0 saturated carbocycles. The van der Waals surface area contributed by atoms with Crippen LogP contribution in [-0.2, 0) is 19.1 Å². The fourth-order valence-corrected chi connectivity index (χ4v) is 3.25. The highest BCUT2D eigenvalue weighted by molar-refractivity contribution is 8.00. The second-order valence-electron chi connectivity index (χ2n) is 5.70. The largest absolute Gasteiger partial charge is 0.463 e. The zero-order chi connectivity index (χ0) is 20.7. The Bertz CT molecular complexity index is 800. The summed E-state index contributed by atoms with van der Waals surface area (Å²) in [6, 6.07) is 1.83. The number of carbonyl (C=O) groups excluding carboxylic acids is 3. The molecule has 1 heterocycles. The molecule has 2 rings (SSSR count). The van der Waals surface area contributed by atoms with Crippen LogP contribution in [0, 0.1) is 11.6 Å². The summed E-state index contributed by atoms with van der Waals surface area (Å²) >= 11 is 0.780. The normalized spacial score (nSPS) is 16.3. The smallest absolute Gasteiger partial charge is 0.338 e. The fourth-order valence-electron chi connectivity index (χ4n) is 2.49. The maximum atomic E-state index is 13.6. The number of esters is 2. The van der Waals surface area contributed by atoms with Gasteiger partial charge in [0.2, 0.25) is 0 Å². The maximum absolute atomic E-state index is 13.6. The summed E-state index contributed by atoms with van der Waals surface area (Å²) in [4.78, 5) is 35.9. The summed E-state index contributed by atoms with van der Waals surface area (Å²) < 4.78 is 36.8. The Morgan fingerprint density at radius 1 is 1.21 bits per heavy atom. The highest BCUT2D eigenvalue weighted by Crippen LogP contribution is 2.23. The lowest BCUT2D eigenvalue weighted by atomic mass is 10.0. The van der Waals surface area contributed by atoms with Crippen molar-refractivity contribution >= 4 is 29.7 Å². The van der Waals surface area contributed by atoms with E-state index >= 15 is 0 Å². The van der Waals surface area contributed by atoms with Crippen molar-refractivity contribution in [2.75, 3.05) is 19.0 Å². The number of benzene rings is 1. The van der Waals surface area contributed by atoms with E-state index in [0.29, 0.717) is 6.42 Å². The molecule has 0 radical (unpaired) electrons. The molecule has 2 amide bonds. The van der Waals surface area contributed by atoms with Gasteiger partial charge in [0.05, 0.1) is 29.7 Å². The molecule has 1 aromatic carbocycles. The van der Waals surface area contributed by atoms with Gasteiger partial charge in [-0.2, -0.15) is 0 Å². The lowest BCUT2D eigenvalue weighted by Crippen LogP contribution is -2.51. The first-order chi connectivity index (χ1) is 13.3. The van der Waals surface area contributed by atoms with Crippen LogP contribution in [-0.4, -0.2) is 43.0 Å². The lowest BCUT2D eigenvalue weighted by molar-refractivity contribution is -0.141. The molecule has 7 nitrogen and oxygen atoms in total. The second kappa shape index (κ2) is 10.1. The number of thioether (sulfide) groups is 1. The van der Waals surface area contributed by atoms with Gasteiger partial charge in [-0.3, -0.25) is 4.79 Å². The molecule has 152 valence electrons. The van der Waals surface area contributed by atoms with Gasteiger partial charge in [0.1, 0.15) is 18.2 Å². The Hall–Kier alpha value is -2.62. The van der Waals surface area contributed by atoms with Gasteiger partial charge >= 0.3 is 18.0 Å². The topological polar surface area (TPSA) is 93.7 Å². The molecule has 1 atom stereocenters. The predicted molar refractivity (Wildman–Crippen MR) is 97.4 cm³/mol. The van der Waals surface area contributed by atoms with E-state index in [1.165, 1.54) is 0 Å². The van der Waals surface area contributed by atoms with Crippen molar-refractivity contribution in [3.05, 3.63) is 41.1 Å². The van der Waals surface area contributed by atoms with Crippen LogP contribution in [0.15, 0.2) is 34.4 Å². The molecule has 0 aliphatic carbocycles. The Kier molecular flexibility index (Phi) is 7.80. The molecule has 0 bridgehead atoms. The molecule has 2 N–H and O–H groups in total. The van der Waals surface area contributed by atoms with Crippen LogP contribution in [0.2, 0.25) is 0 Å². The molecular weight excluding hydrogens is 394 g/mol. The molecule has 0 spiro atoms. The molecule has 1 aromatic rings. The molecule has 10 heteroatoms. The number of urea groups is 1. The molecule has 1 aliphatic rings. The van der Waals surface area contributed by atoms with Crippen LogP contribution in [0.4, 0.5) is 13.6 Å². The third kappa shape index (κ3) is 5.69. The minimum absolute atomic E-state index is 0.0235. The van der Waals surface area contributed by atoms with Gasteiger partial charge in [-0.15, -0.1) is 11.8 Å². The highest BCUT2D eigenvalue weighted by Gasteiger charge is 2.32. The average molecular weight is 414 g/mol. The van der Waals surface area contributed by atoms with Gasteiger partial charge in [0, 0.05) is 4.90 Å². The van der Waals surface area contributed by atoms with Crippen molar-refractivity contribution in [1.82, 2.24) is 10.6 Å². The van der Waals surface area contributed by atoms with Crippen LogP contribution < -0.4 is 10.6 Å². The number of rotatable bonds is 8. The van der Waals surface area contributed by atoms with Crippen LogP contribution >= 0.6 is 11.8 Å². The average Bonchev–Trinajstić information content (AvgIpc) is 2.66. The third-order valence-corrected chi connectivity index (χ3v) is 4.77. The number of hydrogen-bond acceptors (Lipinski definition) is 6. The molecular formula is C18H20F2N2O5S. The Labute approximate surface area is 164 Å². The van der Waals surface area contributed by atoms with Crippen molar-refractivity contribution in [3.63, 3.8) is 0 Å². The number of hydrogen-bond donors (Lipinski definition) is 2. The maximum Gasteiger partial charge on any atom is 0.338 e. The number of amides is 2. The fraction of sp³-hybridized carbons (Fsp3) is 0.389. The summed E-state index contributed by atoms with van der Waals surface area (Å²) in [6.07, 6.45) is 0.438. The van der Waals surface area contributed by atoms with E-state index in [1.807, 2.05) is 0 Å². The van der Waals surface area contributed by atoms with Crippen molar-refractivity contribution in [1.29, 1.82) is 0 Å². The highest BCUT2D eigenvalue weighted by atomic mass is 32.2. The molecule has 0 saturated heterocycles. The summed E-state index contributed by atoms with van der Waals surface area (Å²) in [5.41, 5.74) is 0.310. The number of carbonyl (C=O) groups is 3. The Balaban J connectivity index is 2.04. The van der Waals surface area contributed by atoms with Crippen LogP contribution in [0.25, 0.3) is 0 Å². The zero-order valence-corrected chi connectivity index (χ0v) is 16.2. The van der Waals surface area contributed by atoms with E-state index in [4.69, 9.17) is 9.47 Å². The monoisotopic (exact) mass is 414 g/mol. The van der Waals surface area contributed by atoms with E-state index in [9.17, 15) is 23.2 Å². The van der Waals surface area contributed by atoms with Crippen molar-refractivity contribution in [2.45, 2.75) is 31.2 Å². The first kappa shape index (κ1) is 21.7. The Morgan fingerprint density at radius 2 is 1.96 bits per heavy atom. The van der Waals surface area contributed by atoms with E-state index in [2.05, 4.69) is 10.6 Å². The van der Waals surface area contributed by atoms with Crippen LogP contribution in [0.3, 0.4) is 0 Å². The van der Waals surface area contributed by atoms with E-state index in [0.717, 1.165) is 30.0 Å². The summed E-state index contributed by atoms with van der Waals surface area (Å²) in [6.45, 7) is 3.22. The predicted octanol–water partition coefficient (Wildman–Crippen LogP) is 2.51. The first-order valence-corrected chi connectivity index (χ1v) is 9.55. The van der Waals surface area contributed by atoms with Gasteiger partial charge in [-0.05, 0) is 31.5 Å². The summed E-state index contributed by atoms with van der Waals surface area (Å²) in [5, 5.41) is 5.05. The molecule has 1 aliphatic heterocycles. The quantitative estimate of drug-likeness (QED) is 0.502. The van der Waals surface area contributed by atoms with E-state index < -0.39 is 35.6 Å². The second-order valence-corrected chi connectivity index (χ2v) is 6.71. The van der Waals surface area contributed by atoms with Gasteiger partial charge < -0.3 is 20.1 Å². The molecule has 0 unspecified atom stereocenters. The van der Waals surface area contributed by atoms with Gasteiger partial charge in [0.25, 0.3) is 0 Å². The summed E-state index contributed by atoms with van der Waals surface area (Å²) in [7, 11) is 0. The standard InChI is InChI=1S/C18H20F2N2O5S/c1-3-12-16(17(24)26-4-2)13(22-18(25)21-12)8-27-15(23)9-28-14-7-10(19)5-6-11(14)20/h5-7,12H,3-4,8-9H2,1-2H3,(H2,21,22,25)/t12-/m0/s1. The minimum atomic E-state index is -0.717. The lowest BCUT2D eigenvalue weighted by Gasteiger charge is -2.28. The molecule has 0 fully saturated rings. The third-order valence-electron chi connectivity index (χ3n) is 3.76. The number of halogens is 2. The Morgan fingerprint density at radius 3 is 2.64 bits per heavy atom. The SMILES string of the molecule is CCOC(=O)C1=C(COC(=O)CSc2cc(F)ccc2F)NC(=O)N[C@H]1CC. The van der Waals surface area contributed by atoms with Gasteiger partial charge in [-0.1, -0.05) is 6.92 Å². The summed E-state index contributed by atoms with van der Waals surface area (Å²) in [5.74, 6) is -2.88. The van der Waals surface area contributed by atoms with Crippen LogP contribution in [0.5, 0.6) is 0 Å². The van der Waals surface area contributed by atoms with Gasteiger partial charge in [-0.25, -0.2) is 18.4 Å². The van der Waals surface area contributed by atoms with Gasteiger partial charge in [0.15, 0.2) is 0 Å². The van der Waals surface area contributed by atoms with Crippen molar-refractivity contribution in [3.8, 4) is 0 Å². The van der Waals surface area contributed by atoms with E-state index in [1.54, 1.807) is 13.8 Å². The van der Waals surface area contributed by atoms with Crippen molar-refractivity contribution < 1.29 is 32.6 Å². The zero-order valence-electron chi connectivity index (χ0n) is 15.3. The van der Waals surface area contributed by atoms with E-state index in [-0.39, 0.29) is 35.1 Å². The van der Waals surface area contributed by atoms with Crippen molar-refractivity contribution in [2.24, 2.45) is 0 Å².